The van der Waals surface area contributed by atoms with Crippen LogP contribution in [0.2, 0.25) is 5.02 Å². The molecule has 6 rings (SSSR count). The van der Waals surface area contributed by atoms with Crippen molar-refractivity contribution in [2.45, 2.75) is 19.2 Å². The Kier molecular flexibility index (Phi) is 8.98. The predicted octanol–water partition coefficient (Wildman–Crippen LogP) is 2.63. The molecule has 1 N–H and O–H groups in total. The largest absolute Gasteiger partial charge is 1.00 e. The van der Waals surface area contributed by atoms with Crippen molar-refractivity contribution in [2.75, 3.05) is 10.8 Å². The van der Waals surface area contributed by atoms with Crippen molar-refractivity contribution < 1.29 is 91.0 Å². The third-order valence-corrected chi connectivity index (χ3v) is 9.03. The number of halogens is 1. The molecule has 0 saturated carbocycles. The molecule has 10 nitrogen and oxygen atoms in total. The number of para-hydroxylation sites is 1. The first-order chi connectivity index (χ1) is 19.4. The molecule has 42 heavy (non-hydrogen) atoms. The average molecular weight is 672 g/mol. The van der Waals surface area contributed by atoms with Crippen LogP contribution in [0, 0.1) is 0 Å². The number of allylic oxidation sites excluding steroid dienone is 2. The van der Waals surface area contributed by atoms with Gasteiger partial charge in [-0.25, -0.2) is 8.42 Å². The monoisotopic (exact) mass is 671 g/mol. The molecule has 5 aromatic rings. The SMILES string of the molecule is CCC(/C=C1\Oc2cc3c(cc2N1CS(=O)(=O)O)oc1ccccc13)=C\c1sc2ccc(Cl)cc2[n+]1CS(=O)(=O)[O-].[K+]. The number of thiazole rings is 1. The number of aromatic nitrogens is 1. The Morgan fingerprint density at radius 1 is 1.10 bits per heavy atom. The van der Waals surface area contributed by atoms with E-state index in [2.05, 4.69) is 0 Å². The summed E-state index contributed by atoms with van der Waals surface area (Å²) < 4.78 is 83.0. The molecule has 0 amide bonds. The second-order valence-electron chi connectivity index (χ2n) is 9.38. The van der Waals surface area contributed by atoms with Gasteiger partial charge in [0.15, 0.2) is 21.7 Å². The van der Waals surface area contributed by atoms with Crippen molar-refractivity contribution >= 4 is 87.1 Å². The van der Waals surface area contributed by atoms with Crippen LogP contribution in [0.3, 0.4) is 0 Å². The van der Waals surface area contributed by atoms with Gasteiger partial charge in [-0.2, -0.15) is 13.0 Å². The maximum absolute atomic E-state index is 12.0. The van der Waals surface area contributed by atoms with Gasteiger partial charge in [0, 0.05) is 40.1 Å². The van der Waals surface area contributed by atoms with Gasteiger partial charge in [-0.1, -0.05) is 48.1 Å². The molecule has 212 valence electrons. The topological polar surface area (TPSA) is 141 Å². The van der Waals surface area contributed by atoms with Gasteiger partial charge in [-0.15, -0.1) is 0 Å². The van der Waals surface area contributed by atoms with E-state index in [1.807, 2.05) is 31.2 Å². The maximum atomic E-state index is 12.0. The van der Waals surface area contributed by atoms with Crippen LogP contribution in [0.4, 0.5) is 5.69 Å². The molecule has 0 radical (unpaired) electrons. The summed E-state index contributed by atoms with van der Waals surface area (Å²) in [5.41, 5.74) is 2.70. The Morgan fingerprint density at radius 3 is 2.57 bits per heavy atom. The standard InChI is InChI=1S/C27H21ClN2O8S3.K/c1-2-16(10-27-30(15-41(34,35)36)21-11-17(28)7-8-25(21)39-27)9-26-29(14-40(31,32)33)20-13-23-19(12-24(20)38-26)18-5-3-4-6-22(18)37-23;/h3-13H,2,14-15H2,1H3,(H-,31,32,33,34,35,36);/q;+1. The van der Waals surface area contributed by atoms with E-state index in [1.54, 1.807) is 42.5 Å². The van der Waals surface area contributed by atoms with E-state index in [0.29, 0.717) is 50.1 Å². The molecule has 0 unspecified atom stereocenters. The smallest absolute Gasteiger partial charge is 0.743 e. The maximum Gasteiger partial charge on any atom is 1.00 e. The molecule has 0 spiro atoms. The molecule has 3 aromatic carbocycles. The summed E-state index contributed by atoms with van der Waals surface area (Å²) in [6, 6.07) is 15.9. The fraction of sp³-hybridized carbons (Fsp3) is 0.148. The van der Waals surface area contributed by atoms with Gasteiger partial charge in [0.1, 0.15) is 15.9 Å². The number of ether oxygens (including phenoxy) is 1. The van der Waals surface area contributed by atoms with E-state index < -0.39 is 32.0 Å². The quantitative estimate of drug-likeness (QED) is 0.157. The number of rotatable bonds is 7. The minimum atomic E-state index is -4.64. The van der Waals surface area contributed by atoms with Crippen LogP contribution in [0.5, 0.6) is 5.75 Å². The molecule has 0 aliphatic carbocycles. The summed E-state index contributed by atoms with van der Waals surface area (Å²) in [7, 11) is -9.11. The zero-order valence-corrected chi connectivity index (χ0v) is 28.6. The Bertz CT molecular complexity index is 2150. The molecule has 1 aliphatic rings. The minimum Gasteiger partial charge on any atom is -0.743 e. The fourth-order valence-corrected chi connectivity index (χ4v) is 7.31. The zero-order valence-electron chi connectivity index (χ0n) is 22.3. The number of furan rings is 1. The van der Waals surface area contributed by atoms with Crippen LogP contribution in [0.15, 0.2) is 76.5 Å². The third kappa shape index (κ3) is 6.49. The minimum absolute atomic E-state index is 0. The number of hydrogen-bond donors (Lipinski definition) is 1. The van der Waals surface area contributed by atoms with E-state index in [1.165, 1.54) is 20.8 Å². The summed E-state index contributed by atoms with van der Waals surface area (Å²) in [6.07, 6.45) is 3.75. The summed E-state index contributed by atoms with van der Waals surface area (Å²) in [4.78, 5) is 1.32. The molecule has 3 heterocycles. The van der Waals surface area contributed by atoms with Crippen molar-refractivity contribution in [2.24, 2.45) is 0 Å². The van der Waals surface area contributed by atoms with Gasteiger partial charge >= 0.3 is 51.4 Å². The van der Waals surface area contributed by atoms with E-state index in [4.69, 9.17) is 20.8 Å². The predicted molar refractivity (Wildman–Crippen MR) is 156 cm³/mol. The summed E-state index contributed by atoms with van der Waals surface area (Å²) in [5.74, 6) is -1.06. The second-order valence-corrected chi connectivity index (χ2v) is 13.7. The normalized spacial score (nSPS) is 15.0. The van der Waals surface area contributed by atoms with E-state index in [-0.39, 0.29) is 57.3 Å². The van der Waals surface area contributed by atoms with Crippen molar-refractivity contribution in [3.8, 4) is 5.75 Å². The van der Waals surface area contributed by atoms with Crippen LogP contribution < -0.4 is 65.6 Å². The van der Waals surface area contributed by atoms with Crippen molar-refractivity contribution in [3.05, 3.63) is 82.2 Å². The van der Waals surface area contributed by atoms with Crippen molar-refractivity contribution in [1.82, 2.24) is 0 Å². The summed E-state index contributed by atoms with van der Waals surface area (Å²) in [6.45, 7) is 1.86. The fourth-order valence-electron chi connectivity index (χ4n) is 4.76. The Morgan fingerprint density at radius 2 is 1.86 bits per heavy atom. The molecule has 1 aliphatic heterocycles. The van der Waals surface area contributed by atoms with Gasteiger partial charge in [0.25, 0.3) is 15.1 Å². The number of hydrogen-bond acceptors (Lipinski definition) is 9. The molecular weight excluding hydrogens is 651 g/mol. The first kappa shape index (κ1) is 31.6. The molecule has 0 fully saturated rings. The van der Waals surface area contributed by atoms with Crippen molar-refractivity contribution in [3.63, 3.8) is 0 Å². The Labute approximate surface area is 292 Å². The summed E-state index contributed by atoms with van der Waals surface area (Å²) >= 11 is 7.40. The number of nitrogens with zero attached hydrogens (tertiary/aromatic N) is 2. The number of fused-ring (bicyclic) bond motifs is 5. The van der Waals surface area contributed by atoms with Gasteiger partial charge in [0.2, 0.25) is 17.3 Å². The second kappa shape index (κ2) is 11.9. The van der Waals surface area contributed by atoms with Gasteiger partial charge in [0.05, 0.1) is 5.69 Å². The first-order valence-corrected chi connectivity index (χ1v) is 16.6. The van der Waals surface area contributed by atoms with Crippen LogP contribution >= 0.6 is 22.9 Å². The molecule has 2 aromatic heterocycles. The van der Waals surface area contributed by atoms with Crippen LogP contribution in [0.25, 0.3) is 38.2 Å². The third-order valence-electron chi connectivity index (χ3n) is 6.53. The molecular formula is C27H21ClKN2O8S3+. The van der Waals surface area contributed by atoms with Crippen molar-refractivity contribution in [1.29, 1.82) is 0 Å². The number of benzene rings is 3. The average Bonchev–Trinajstić information content (AvgIpc) is 3.52. The molecule has 0 bridgehead atoms. The van der Waals surface area contributed by atoms with Crippen LogP contribution in [0.1, 0.15) is 18.4 Å². The number of anilines is 1. The molecule has 0 atom stereocenters. The van der Waals surface area contributed by atoms with E-state index in [0.717, 1.165) is 15.5 Å². The van der Waals surface area contributed by atoms with E-state index >= 15 is 0 Å². The summed E-state index contributed by atoms with van der Waals surface area (Å²) in [5, 5.41) is 2.50. The molecule has 15 heteroatoms. The zero-order chi connectivity index (χ0) is 29.1. The first-order valence-electron chi connectivity index (χ1n) is 12.2. The van der Waals surface area contributed by atoms with E-state index in [9.17, 15) is 25.9 Å². The molecule has 0 saturated heterocycles. The van der Waals surface area contributed by atoms with Crippen LogP contribution in [-0.2, 0) is 26.1 Å². The van der Waals surface area contributed by atoms with Crippen LogP contribution in [-0.4, -0.2) is 31.8 Å². The Hall–Kier alpha value is -1.82. The van der Waals surface area contributed by atoms with Gasteiger partial charge in [-0.3, -0.25) is 9.45 Å². The van der Waals surface area contributed by atoms with Gasteiger partial charge < -0.3 is 13.7 Å². The Balaban J connectivity index is 0.00000353. The van der Waals surface area contributed by atoms with Gasteiger partial charge in [-0.05, 0) is 36.3 Å².